The Morgan fingerprint density at radius 1 is 1.26 bits per heavy atom. The van der Waals surface area contributed by atoms with Gasteiger partial charge in [-0.15, -0.1) is 0 Å². The highest BCUT2D eigenvalue weighted by Crippen LogP contribution is 2.43. The largest absolute Gasteiger partial charge is 0.396 e. The van der Waals surface area contributed by atoms with Crippen LogP contribution in [0.15, 0.2) is 48.7 Å². The summed E-state index contributed by atoms with van der Waals surface area (Å²) in [7, 11) is 1.80. The van der Waals surface area contributed by atoms with Crippen molar-refractivity contribution in [3.05, 3.63) is 64.9 Å². The third-order valence-electron chi connectivity index (χ3n) is 5.61. The summed E-state index contributed by atoms with van der Waals surface area (Å²) in [5.74, 6) is -0.170. The Labute approximate surface area is 165 Å². The molecule has 1 aliphatic heterocycles. The molecule has 0 aliphatic carbocycles. The normalized spacial score (nSPS) is 17.3. The van der Waals surface area contributed by atoms with Crippen LogP contribution in [0.5, 0.6) is 0 Å². The number of carbonyl (C=O) groups is 1. The minimum absolute atomic E-state index is 0.0274. The number of aromatic nitrogens is 1. The number of benzene rings is 1. The highest BCUT2D eigenvalue weighted by atomic mass is 35.5. The fourth-order valence-electron chi connectivity index (χ4n) is 4.17. The lowest BCUT2D eigenvalue weighted by Crippen LogP contribution is -2.49. The van der Waals surface area contributed by atoms with Crippen molar-refractivity contribution in [3.8, 4) is 0 Å². The summed E-state index contributed by atoms with van der Waals surface area (Å²) in [6.45, 7) is 2.36. The molecule has 5 nitrogen and oxygen atoms in total. The lowest BCUT2D eigenvalue weighted by atomic mass is 9.66. The minimum Gasteiger partial charge on any atom is -0.396 e. The molecular formula is C21H26ClN3O2. The van der Waals surface area contributed by atoms with Crippen LogP contribution in [0.25, 0.3) is 0 Å². The Kier molecular flexibility index (Phi) is 6.47. The Morgan fingerprint density at radius 2 is 1.96 bits per heavy atom. The first-order valence-corrected chi connectivity index (χ1v) is 9.68. The second kappa shape index (κ2) is 8.83. The Hall–Kier alpha value is -1.95. The molecule has 1 saturated heterocycles. The van der Waals surface area contributed by atoms with Crippen molar-refractivity contribution in [2.24, 2.45) is 5.41 Å². The van der Waals surface area contributed by atoms with E-state index >= 15 is 0 Å². The smallest absolute Gasteiger partial charge is 0.256 e. The van der Waals surface area contributed by atoms with Crippen LogP contribution < -0.4 is 5.32 Å². The predicted molar refractivity (Wildman–Crippen MR) is 107 cm³/mol. The third-order valence-corrected chi connectivity index (χ3v) is 5.91. The van der Waals surface area contributed by atoms with Crippen molar-refractivity contribution >= 4 is 17.5 Å². The van der Waals surface area contributed by atoms with Gasteiger partial charge in [-0.05, 0) is 49.0 Å². The number of aliphatic hydroxyl groups excluding tert-OH is 1. The third kappa shape index (κ3) is 4.32. The second-order valence-corrected chi connectivity index (χ2v) is 7.62. The molecule has 1 aromatic carbocycles. The van der Waals surface area contributed by atoms with Crippen LogP contribution in [0.3, 0.4) is 0 Å². The van der Waals surface area contributed by atoms with E-state index in [0.717, 1.165) is 31.5 Å². The maximum absolute atomic E-state index is 13.0. The van der Waals surface area contributed by atoms with Crippen LogP contribution in [0, 0.1) is 5.41 Å². The lowest BCUT2D eigenvalue weighted by Gasteiger charge is -2.45. The van der Waals surface area contributed by atoms with Crippen molar-refractivity contribution in [3.63, 3.8) is 0 Å². The van der Waals surface area contributed by atoms with E-state index < -0.39 is 0 Å². The number of halogens is 1. The fraction of sp³-hybridized carbons (Fsp3) is 0.429. The summed E-state index contributed by atoms with van der Waals surface area (Å²) < 4.78 is 0. The van der Waals surface area contributed by atoms with Gasteiger partial charge in [-0.1, -0.05) is 41.9 Å². The van der Waals surface area contributed by atoms with Gasteiger partial charge in [0.25, 0.3) is 5.91 Å². The maximum Gasteiger partial charge on any atom is 0.256 e. The average Bonchev–Trinajstić information content (AvgIpc) is 2.70. The molecule has 0 bridgehead atoms. The van der Waals surface area contributed by atoms with Crippen LogP contribution in [0.2, 0.25) is 5.15 Å². The topological polar surface area (TPSA) is 65.5 Å². The molecule has 27 heavy (non-hydrogen) atoms. The number of pyridine rings is 1. The molecule has 2 aromatic rings. The fourth-order valence-corrected chi connectivity index (χ4v) is 4.37. The minimum atomic E-state index is -0.194. The number of carbonyl (C=O) groups excluding carboxylic acids is 1. The molecule has 1 amide bonds. The molecule has 0 saturated carbocycles. The number of hydrogen-bond donors (Lipinski definition) is 2. The highest BCUT2D eigenvalue weighted by Gasteiger charge is 2.42. The Morgan fingerprint density at radius 3 is 2.59 bits per heavy atom. The van der Waals surface area contributed by atoms with E-state index in [-0.39, 0.29) is 29.0 Å². The molecular weight excluding hydrogens is 362 g/mol. The van der Waals surface area contributed by atoms with Crippen molar-refractivity contribution in [2.45, 2.75) is 18.8 Å². The van der Waals surface area contributed by atoms with E-state index in [1.54, 1.807) is 30.3 Å². The molecule has 1 aromatic heterocycles. The molecule has 1 atom stereocenters. The molecule has 1 aliphatic rings. The van der Waals surface area contributed by atoms with Crippen LogP contribution in [-0.4, -0.2) is 54.2 Å². The molecule has 6 heteroatoms. The molecule has 144 valence electrons. The SMILES string of the molecule is CN(CC1(C(CO)c2ccccc2)CCNCC1)C(=O)c1cccnc1Cl. The molecule has 2 N–H and O–H groups in total. The number of rotatable bonds is 6. The molecule has 0 radical (unpaired) electrons. The Balaban J connectivity index is 1.88. The number of nitrogens with zero attached hydrogens (tertiary/aromatic N) is 2. The van der Waals surface area contributed by atoms with E-state index in [4.69, 9.17) is 11.6 Å². The predicted octanol–water partition coefficient (Wildman–Crippen LogP) is 2.95. The van der Waals surface area contributed by atoms with Gasteiger partial charge >= 0.3 is 0 Å². The molecule has 3 rings (SSSR count). The first-order chi connectivity index (χ1) is 13.1. The number of amides is 1. The summed E-state index contributed by atoms with van der Waals surface area (Å²) in [4.78, 5) is 18.7. The second-order valence-electron chi connectivity index (χ2n) is 7.26. The molecule has 0 spiro atoms. The van der Waals surface area contributed by atoms with Gasteiger partial charge in [0.15, 0.2) is 0 Å². The van der Waals surface area contributed by atoms with Gasteiger partial charge in [-0.25, -0.2) is 4.98 Å². The summed E-state index contributed by atoms with van der Waals surface area (Å²) >= 11 is 6.12. The standard InChI is InChI=1S/C21H26ClN3O2/c1-25(20(27)17-8-5-11-24-19(17)22)15-21(9-12-23-13-10-21)18(14-26)16-6-3-2-4-7-16/h2-8,11,18,23,26H,9-10,12-15H2,1H3. The summed E-state index contributed by atoms with van der Waals surface area (Å²) in [5, 5.41) is 13.9. The lowest BCUT2D eigenvalue weighted by molar-refractivity contribution is 0.0490. The van der Waals surface area contributed by atoms with Gasteiger partial charge in [-0.2, -0.15) is 0 Å². The molecule has 1 unspecified atom stereocenters. The Bertz CT molecular complexity index is 763. The monoisotopic (exact) mass is 387 g/mol. The highest BCUT2D eigenvalue weighted by molar-refractivity contribution is 6.32. The molecule has 1 fully saturated rings. The van der Waals surface area contributed by atoms with Crippen LogP contribution in [-0.2, 0) is 0 Å². The first kappa shape index (κ1) is 19.8. The van der Waals surface area contributed by atoms with Gasteiger partial charge in [-0.3, -0.25) is 4.79 Å². The zero-order chi connectivity index (χ0) is 19.3. The molecule has 2 heterocycles. The van der Waals surface area contributed by atoms with E-state index in [2.05, 4.69) is 22.4 Å². The van der Waals surface area contributed by atoms with Gasteiger partial charge in [0, 0.05) is 25.7 Å². The van der Waals surface area contributed by atoms with Crippen LogP contribution >= 0.6 is 11.6 Å². The van der Waals surface area contributed by atoms with Crippen molar-refractivity contribution in [2.75, 3.05) is 33.3 Å². The summed E-state index contributed by atoms with van der Waals surface area (Å²) in [5.41, 5.74) is 1.33. The van der Waals surface area contributed by atoms with E-state index in [1.807, 2.05) is 18.2 Å². The number of aliphatic hydroxyl groups is 1. The van der Waals surface area contributed by atoms with Crippen LogP contribution in [0.4, 0.5) is 0 Å². The van der Waals surface area contributed by atoms with Gasteiger partial charge in [0.05, 0.1) is 12.2 Å². The maximum atomic E-state index is 13.0. The summed E-state index contributed by atoms with van der Waals surface area (Å²) in [6.07, 6.45) is 3.36. The van der Waals surface area contributed by atoms with Gasteiger partial charge in [0.2, 0.25) is 0 Å². The number of hydrogen-bond acceptors (Lipinski definition) is 4. The zero-order valence-electron chi connectivity index (χ0n) is 15.6. The van der Waals surface area contributed by atoms with Crippen molar-refractivity contribution in [1.29, 1.82) is 0 Å². The van der Waals surface area contributed by atoms with Crippen LogP contribution in [0.1, 0.15) is 34.7 Å². The average molecular weight is 388 g/mol. The number of piperidine rings is 1. The van der Waals surface area contributed by atoms with E-state index in [0.29, 0.717) is 12.1 Å². The van der Waals surface area contributed by atoms with Gasteiger partial charge < -0.3 is 15.3 Å². The first-order valence-electron chi connectivity index (χ1n) is 9.30. The number of nitrogens with one attached hydrogen (secondary N) is 1. The van der Waals surface area contributed by atoms with E-state index in [9.17, 15) is 9.90 Å². The summed E-state index contributed by atoms with van der Waals surface area (Å²) in [6, 6.07) is 13.5. The van der Waals surface area contributed by atoms with Crippen molar-refractivity contribution in [1.82, 2.24) is 15.2 Å². The quantitative estimate of drug-likeness (QED) is 0.748. The van der Waals surface area contributed by atoms with E-state index in [1.165, 1.54) is 0 Å². The zero-order valence-corrected chi connectivity index (χ0v) is 16.3. The van der Waals surface area contributed by atoms with Crippen molar-refractivity contribution < 1.29 is 9.90 Å². The van der Waals surface area contributed by atoms with Gasteiger partial charge in [0.1, 0.15) is 5.15 Å².